The Bertz CT molecular complexity index is 334. The molecule has 0 fully saturated rings. The molecule has 0 aliphatic rings. The van der Waals surface area contributed by atoms with E-state index in [1.807, 2.05) is 25.2 Å². The standard InChI is InChI=1S/C14H24N2/c1-10(2)14(11(3)4)13(7-6-8-15)9-12(5)16/h6-10H,15-16H2,1-5H3/b8-6?,12-9+,13-7+. The summed E-state index contributed by atoms with van der Waals surface area (Å²) in [5.74, 6) is 0.470. The van der Waals surface area contributed by atoms with Gasteiger partial charge in [-0.25, -0.2) is 0 Å². The number of hydrogen-bond acceptors (Lipinski definition) is 2. The summed E-state index contributed by atoms with van der Waals surface area (Å²) in [5, 5.41) is 0. The zero-order valence-electron chi connectivity index (χ0n) is 11.0. The lowest BCUT2D eigenvalue weighted by atomic mass is 9.90. The van der Waals surface area contributed by atoms with Crippen LogP contribution in [0.5, 0.6) is 0 Å². The number of hydrogen-bond donors (Lipinski definition) is 2. The largest absolute Gasteiger partial charge is 0.405 e. The molecule has 0 heterocycles. The van der Waals surface area contributed by atoms with Crippen LogP contribution in [0.3, 0.4) is 0 Å². The summed E-state index contributed by atoms with van der Waals surface area (Å²) >= 11 is 0. The van der Waals surface area contributed by atoms with Gasteiger partial charge < -0.3 is 11.5 Å². The van der Waals surface area contributed by atoms with Gasteiger partial charge in [-0.2, -0.15) is 0 Å². The summed E-state index contributed by atoms with van der Waals surface area (Å²) in [6.45, 7) is 10.5. The highest BCUT2D eigenvalue weighted by molar-refractivity contribution is 5.45. The molecule has 4 N–H and O–H groups in total. The van der Waals surface area contributed by atoms with E-state index in [-0.39, 0.29) is 0 Å². The van der Waals surface area contributed by atoms with E-state index in [0.717, 1.165) is 11.3 Å². The summed E-state index contributed by atoms with van der Waals surface area (Å²) in [6.07, 6.45) is 7.35. The smallest absolute Gasteiger partial charge is 0.00549 e. The third-order valence-electron chi connectivity index (χ3n) is 2.20. The number of rotatable bonds is 4. The molecule has 0 aliphatic carbocycles. The van der Waals surface area contributed by atoms with E-state index in [2.05, 4.69) is 27.7 Å². The van der Waals surface area contributed by atoms with Crippen LogP contribution in [0.4, 0.5) is 0 Å². The van der Waals surface area contributed by atoms with Gasteiger partial charge in [0.25, 0.3) is 0 Å². The Balaban J connectivity index is 5.50. The highest BCUT2D eigenvalue weighted by atomic mass is 14.5. The average molecular weight is 220 g/mol. The van der Waals surface area contributed by atoms with Crippen molar-refractivity contribution >= 4 is 0 Å². The van der Waals surface area contributed by atoms with Crippen LogP contribution in [-0.4, -0.2) is 0 Å². The topological polar surface area (TPSA) is 52.0 Å². The van der Waals surface area contributed by atoms with E-state index in [9.17, 15) is 0 Å². The molecule has 0 amide bonds. The van der Waals surface area contributed by atoms with Gasteiger partial charge in [-0.15, -0.1) is 0 Å². The zero-order chi connectivity index (χ0) is 12.7. The molecule has 0 aromatic rings. The molecule has 16 heavy (non-hydrogen) atoms. The summed E-state index contributed by atoms with van der Waals surface area (Å²) in [4.78, 5) is 0. The molecule has 0 rings (SSSR count). The highest BCUT2D eigenvalue weighted by Gasteiger charge is 2.08. The number of allylic oxidation sites excluding steroid dienone is 7. The van der Waals surface area contributed by atoms with Crippen molar-refractivity contribution in [3.8, 4) is 0 Å². The fourth-order valence-corrected chi connectivity index (χ4v) is 1.82. The molecule has 0 bridgehead atoms. The lowest BCUT2D eigenvalue weighted by molar-refractivity contribution is 0.770. The molecule has 0 radical (unpaired) electrons. The van der Waals surface area contributed by atoms with Crippen molar-refractivity contribution in [1.29, 1.82) is 0 Å². The van der Waals surface area contributed by atoms with Gasteiger partial charge in [0.1, 0.15) is 0 Å². The van der Waals surface area contributed by atoms with Gasteiger partial charge in [-0.3, -0.25) is 0 Å². The first-order chi connectivity index (χ1) is 7.40. The first-order valence-corrected chi connectivity index (χ1v) is 5.60. The lowest BCUT2D eigenvalue weighted by Crippen LogP contribution is -2.01. The fraction of sp³-hybridized carbons (Fsp3) is 0.429. The normalized spacial score (nSPS) is 13.6. The Morgan fingerprint density at radius 1 is 1.12 bits per heavy atom. The monoisotopic (exact) mass is 220 g/mol. The van der Waals surface area contributed by atoms with Crippen molar-refractivity contribution in [2.45, 2.75) is 34.6 Å². The van der Waals surface area contributed by atoms with Crippen molar-refractivity contribution in [3.63, 3.8) is 0 Å². The molecule has 0 atom stereocenters. The maximum absolute atomic E-state index is 5.75. The van der Waals surface area contributed by atoms with Crippen LogP contribution in [0.25, 0.3) is 0 Å². The van der Waals surface area contributed by atoms with E-state index in [1.54, 1.807) is 0 Å². The van der Waals surface area contributed by atoms with Gasteiger partial charge in [0.2, 0.25) is 0 Å². The Labute approximate surface area is 99.4 Å². The molecular formula is C14H24N2. The molecular weight excluding hydrogens is 196 g/mol. The summed E-state index contributed by atoms with van der Waals surface area (Å²) in [5.41, 5.74) is 15.7. The van der Waals surface area contributed by atoms with Crippen molar-refractivity contribution in [2.75, 3.05) is 0 Å². The molecule has 0 aromatic carbocycles. The molecule has 2 heteroatoms. The molecule has 0 saturated carbocycles. The van der Waals surface area contributed by atoms with Crippen molar-refractivity contribution in [1.82, 2.24) is 0 Å². The fourth-order valence-electron chi connectivity index (χ4n) is 1.82. The Kier molecular flexibility index (Phi) is 6.31. The van der Waals surface area contributed by atoms with Crippen LogP contribution in [0.15, 0.2) is 46.8 Å². The minimum atomic E-state index is 0.470. The number of nitrogens with two attached hydrogens (primary N) is 2. The molecule has 90 valence electrons. The van der Waals surface area contributed by atoms with Crippen LogP contribution in [0.1, 0.15) is 34.6 Å². The highest BCUT2D eigenvalue weighted by Crippen LogP contribution is 2.24. The van der Waals surface area contributed by atoms with Gasteiger partial charge in [0.15, 0.2) is 0 Å². The van der Waals surface area contributed by atoms with Crippen LogP contribution in [0.2, 0.25) is 0 Å². The molecule has 0 spiro atoms. The molecule has 0 aromatic heterocycles. The predicted octanol–water partition coefficient (Wildman–Crippen LogP) is 3.24. The SMILES string of the molecule is CC(C)=C(C(/C=C(\C)N)=C/C=CN)C(C)C. The van der Waals surface area contributed by atoms with E-state index in [1.165, 1.54) is 17.3 Å². The van der Waals surface area contributed by atoms with Crippen LogP contribution in [-0.2, 0) is 0 Å². The molecule has 0 unspecified atom stereocenters. The van der Waals surface area contributed by atoms with Gasteiger partial charge in [-0.1, -0.05) is 25.5 Å². The van der Waals surface area contributed by atoms with E-state index in [0.29, 0.717) is 5.92 Å². The maximum Gasteiger partial charge on any atom is 0.00549 e. The van der Waals surface area contributed by atoms with E-state index >= 15 is 0 Å². The quantitative estimate of drug-likeness (QED) is 0.715. The second-order valence-electron chi connectivity index (χ2n) is 4.46. The minimum Gasteiger partial charge on any atom is -0.405 e. The molecule has 2 nitrogen and oxygen atoms in total. The van der Waals surface area contributed by atoms with Crippen LogP contribution in [0, 0.1) is 5.92 Å². The Hall–Kier alpha value is -1.44. The Morgan fingerprint density at radius 2 is 1.69 bits per heavy atom. The van der Waals surface area contributed by atoms with Gasteiger partial charge in [-0.05, 0) is 56.2 Å². The van der Waals surface area contributed by atoms with Crippen LogP contribution >= 0.6 is 0 Å². The zero-order valence-corrected chi connectivity index (χ0v) is 11.0. The second kappa shape index (κ2) is 6.94. The minimum absolute atomic E-state index is 0.470. The predicted molar refractivity (Wildman–Crippen MR) is 72.6 cm³/mol. The first kappa shape index (κ1) is 14.6. The second-order valence-corrected chi connectivity index (χ2v) is 4.46. The first-order valence-electron chi connectivity index (χ1n) is 5.60. The van der Waals surface area contributed by atoms with Crippen molar-refractivity contribution in [2.24, 2.45) is 17.4 Å². The summed E-state index contributed by atoms with van der Waals surface area (Å²) in [7, 11) is 0. The third-order valence-corrected chi connectivity index (χ3v) is 2.20. The molecule has 0 aliphatic heterocycles. The van der Waals surface area contributed by atoms with Crippen molar-refractivity contribution < 1.29 is 0 Å². The van der Waals surface area contributed by atoms with Gasteiger partial charge in [0.05, 0.1) is 0 Å². The molecule has 0 saturated heterocycles. The summed E-state index contributed by atoms with van der Waals surface area (Å²) in [6, 6.07) is 0. The maximum atomic E-state index is 5.75. The van der Waals surface area contributed by atoms with Gasteiger partial charge in [0, 0.05) is 5.70 Å². The van der Waals surface area contributed by atoms with Gasteiger partial charge >= 0.3 is 0 Å². The van der Waals surface area contributed by atoms with E-state index in [4.69, 9.17) is 11.5 Å². The van der Waals surface area contributed by atoms with Crippen LogP contribution < -0.4 is 11.5 Å². The van der Waals surface area contributed by atoms with E-state index < -0.39 is 0 Å². The van der Waals surface area contributed by atoms with Crippen molar-refractivity contribution in [3.05, 3.63) is 46.8 Å². The average Bonchev–Trinajstić information content (AvgIpc) is 2.11. The third kappa shape index (κ3) is 4.87. The summed E-state index contributed by atoms with van der Waals surface area (Å²) < 4.78 is 0. The Morgan fingerprint density at radius 3 is 2.00 bits per heavy atom. The lowest BCUT2D eigenvalue weighted by Gasteiger charge is -2.15.